The average Bonchev–Trinajstić information content (AvgIpc) is 0.839. The molecule has 20 atom stereocenters. The summed E-state index contributed by atoms with van der Waals surface area (Å²) in [5, 5.41) is 25.5. The minimum absolute atomic E-state index is 0.120. The number of rotatable bonds is 28. The summed E-state index contributed by atoms with van der Waals surface area (Å²) in [6, 6.07) is 69.3. The van der Waals surface area contributed by atoms with Crippen molar-refractivity contribution in [2.45, 2.75) is 197 Å². The third-order valence-electron chi connectivity index (χ3n) is 17.4. The van der Waals surface area contributed by atoms with E-state index in [2.05, 4.69) is 0 Å². The summed E-state index contributed by atoms with van der Waals surface area (Å²) < 4.78 is 96.9. The first-order chi connectivity index (χ1) is 44.5. The van der Waals surface area contributed by atoms with Crippen LogP contribution in [-0.2, 0) is 113 Å². The first-order valence-corrected chi connectivity index (χ1v) is 32.0. The van der Waals surface area contributed by atoms with Gasteiger partial charge >= 0.3 is 0 Å². The summed E-state index contributed by atoms with van der Waals surface area (Å²) in [5.74, 6) is -0.508. The second kappa shape index (κ2) is 33.1. The lowest BCUT2D eigenvalue weighted by Gasteiger charge is -2.51. The molecule has 0 aromatic heterocycles. The van der Waals surface area contributed by atoms with E-state index in [4.69, 9.17) is 66.3 Å². The molecule has 11 rings (SSSR count). The van der Waals surface area contributed by atoms with E-state index in [0.717, 1.165) is 38.9 Å². The first kappa shape index (κ1) is 66.4. The van der Waals surface area contributed by atoms with E-state index >= 15 is 0 Å². The van der Waals surface area contributed by atoms with Crippen LogP contribution in [0.3, 0.4) is 0 Å². The predicted molar refractivity (Wildman–Crippen MR) is 339 cm³/mol. The molecule has 2 N–H and O–H groups in total. The summed E-state index contributed by atoms with van der Waals surface area (Å²) in [4.78, 5) is 0. The fourth-order valence-corrected chi connectivity index (χ4v) is 12.5. The van der Waals surface area contributed by atoms with E-state index in [9.17, 15) is 10.2 Å². The van der Waals surface area contributed by atoms with Crippen LogP contribution in [0.4, 0.5) is 0 Å². The van der Waals surface area contributed by atoms with Gasteiger partial charge in [0, 0.05) is 5.92 Å². The van der Waals surface area contributed by atoms with Gasteiger partial charge in [0.05, 0.1) is 83.4 Å². The van der Waals surface area contributed by atoms with E-state index in [1.807, 2.05) is 240 Å². The zero-order valence-corrected chi connectivity index (χ0v) is 52.5. The van der Waals surface area contributed by atoms with Gasteiger partial charge in [-0.05, 0) is 66.6 Å². The highest BCUT2D eigenvalue weighted by molar-refractivity contribution is 5.19. The molecule has 16 heteroatoms. The van der Waals surface area contributed by atoms with E-state index in [1.54, 1.807) is 6.92 Å². The van der Waals surface area contributed by atoms with Crippen LogP contribution < -0.4 is 0 Å². The summed E-state index contributed by atoms with van der Waals surface area (Å²) >= 11 is 0. The third-order valence-corrected chi connectivity index (χ3v) is 17.4. The van der Waals surface area contributed by atoms with Crippen LogP contribution in [0.15, 0.2) is 212 Å². The highest BCUT2D eigenvalue weighted by atomic mass is 16.8. The third kappa shape index (κ3) is 17.8. The van der Waals surface area contributed by atoms with Crippen LogP contribution in [0.1, 0.15) is 73.6 Å². The second-order valence-corrected chi connectivity index (χ2v) is 24.2. The molecule has 4 heterocycles. The molecule has 0 aliphatic carbocycles. The molecule has 4 aliphatic heterocycles. The summed E-state index contributed by atoms with van der Waals surface area (Å²) in [5.41, 5.74) is 6.64. The molecule has 0 bridgehead atoms. The van der Waals surface area contributed by atoms with Crippen LogP contribution in [-0.4, -0.2) is 133 Å². The number of benzene rings is 7. The summed E-state index contributed by atoms with van der Waals surface area (Å²) in [6.45, 7) is 11.3. The Labute approximate surface area is 535 Å². The van der Waals surface area contributed by atoms with Crippen LogP contribution in [0.5, 0.6) is 0 Å². The van der Waals surface area contributed by atoms with Crippen LogP contribution in [0.2, 0.25) is 0 Å². The molecule has 4 saturated heterocycles. The minimum atomic E-state index is -1.56. The fraction of sp³-hybridized carbons (Fsp3) is 0.440. The average molecular weight is 1250 g/mol. The van der Waals surface area contributed by atoms with Gasteiger partial charge in [-0.25, -0.2) is 0 Å². The van der Waals surface area contributed by atoms with Crippen molar-refractivity contribution in [3.63, 3.8) is 0 Å². The Hall–Kier alpha value is -6.10. The van der Waals surface area contributed by atoms with Crippen LogP contribution in [0, 0.1) is 5.92 Å². The number of aliphatic hydroxyl groups is 2. The van der Waals surface area contributed by atoms with Crippen molar-refractivity contribution in [3.05, 3.63) is 251 Å². The Morgan fingerprint density at radius 1 is 0.275 bits per heavy atom. The number of aliphatic hydroxyl groups excluding tert-OH is 2. The van der Waals surface area contributed by atoms with Crippen molar-refractivity contribution in [1.29, 1.82) is 0 Å². The van der Waals surface area contributed by atoms with Crippen LogP contribution >= 0.6 is 0 Å². The Morgan fingerprint density at radius 2 is 0.582 bits per heavy atom. The van der Waals surface area contributed by atoms with E-state index < -0.39 is 122 Å². The molecule has 8 unspecified atom stereocenters. The normalized spacial score (nSPS) is 31.9. The standard InChI is InChI=1S/C75H88O16/c1-49-64(79-42-55-29-15-7-16-30-55)68(83-46-59-37-23-11-24-38-59)61(48-78-41-54-27-13-6-14-28-54)88-73(49)89-70-63(77)74(86-52(4)66(70)81-44-57-33-19-9-20-34-57)91-72-71(84-47-60-39-25-12-26-40-60)67(82-45-58-35-21-10-22-36-58)53(5)87-75(72)90-69-62(76)50(2)85-51(3)65(69)80-43-56-31-17-8-18-32-56/h6-40,49-53,61-77H,41-48H2,1-5H3/t49?,50-,51?,52?,53?,61+,62?,63?,64?,65-,66-,67-,68+,69-,70-,71+,72?,73+,74-,75-/m0/s1. The van der Waals surface area contributed by atoms with Gasteiger partial charge < -0.3 is 76.5 Å². The zero-order chi connectivity index (χ0) is 62.9. The topological polar surface area (TPSA) is 170 Å². The molecule has 0 spiro atoms. The minimum Gasteiger partial charge on any atom is -0.388 e. The van der Waals surface area contributed by atoms with Gasteiger partial charge in [0.1, 0.15) is 67.1 Å². The van der Waals surface area contributed by atoms with E-state index in [-0.39, 0.29) is 46.2 Å². The number of hydrogen-bond donors (Lipinski definition) is 2. The molecule has 4 aliphatic rings. The quantitative estimate of drug-likeness (QED) is 0.0474. The largest absolute Gasteiger partial charge is 0.388 e. The van der Waals surface area contributed by atoms with E-state index in [0.29, 0.717) is 6.61 Å². The highest BCUT2D eigenvalue weighted by Crippen LogP contribution is 2.40. The second-order valence-electron chi connectivity index (χ2n) is 24.2. The Bertz CT molecular complexity index is 3160. The molecule has 7 aromatic carbocycles. The molecule has 0 amide bonds. The van der Waals surface area contributed by atoms with Crippen molar-refractivity contribution in [2.75, 3.05) is 6.61 Å². The Balaban J connectivity index is 0.943. The molecule has 484 valence electrons. The van der Waals surface area contributed by atoms with Crippen molar-refractivity contribution in [1.82, 2.24) is 0 Å². The molecular weight excluding hydrogens is 1160 g/mol. The zero-order valence-electron chi connectivity index (χ0n) is 52.5. The Kier molecular flexibility index (Phi) is 24.2. The Morgan fingerprint density at radius 3 is 1.00 bits per heavy atom. The molecule has 0 radical (unpaired) electrons. The predicted octanol–water partition coefficient (Wildman–Crippen LogP) is 11.3. The smallest absolute Gasteiger partial charge is 0.187 e. The number of ether oxygens (including phenoxy) is 14. The lowest BCUT2D eigenvalue weighted by Crippen LogP contribution is -2.67. The first-order valence-electron chi connectivity index (χ1n) is 32.0. The maximum atomic E-state index is 13.4. The molecule has 7 aromatic rings. The van der Waals surface area contributed by atoms with Crippen molar-refractivity contribution in [2.24, 2.45) is 5.92 Å². The maximum absolute atomic E-state index is 13.4. The van der Waals surface area contributed by atoms with Gasteiger partial charge in [0.15, 0.2) is 18.9 Å². The molecule has 16 nitrogen and oxygen atoms in total. The fourth-order valence-electron chi connectivity index (χ4n) is 12.5. The lowest BCUT2D eigenvalue weighted by atomic mass is 9.91. The molecular formula is C75H88O16. The summed E-state index contributed by atoms with van der Waals surface area (Å²) in [6.07, 6.45) is -17.8. The van der Waals surface area contributed by atoms with Gasteiger partial charge in [0.25, 0.3) is 0 Å². The maximum Gasteiger partial charge on any atom is 0.187 e. The van der Waals surface area contributed by atoms with Gasteiger partial charge in [-0.15, -0.1) is 0 Å². The monoisotopic (exact) mass is 1240 g/mol. The van der Waals surface area contributed by atoms with Crippen molar-refractivity contribution in [3.8, 4) is 0 Å². The van der Waals surface area contributed by atoms with Gasteiger partial charge in [-0.1, -0.05) is 219 Å². The SMILES string of the molecule is CC1C(OCc2ccccc2)[C@H](OCc2ccccc2)[C@@H](COCc2ccccc2)O[C@@H]1O[C@H]1C(O)[C@H](OC2[C@H](O[C@H]3C(O)[C@H](C)OC(C)[C@@H]3OCc3ccccc3)OC(C)[C@H](OCc3ccccc3)[C@H]2OCc2ccccc2)OC(C)[C@@H]1OCc1ccccc1. The van der Waals surface area contributed by atoms with Gasteiger partial charge in [-0.3, -0.25) is 0 Å². The number of hydrogen-bond acceptors (Lipinski definition) is 16. The molecule has 91 heavy (non-hydrogen) atoms. The van der Waals surface area contributed by atoms with Crippen molar-refractivity contribution >= 4 is 0 Å². The molecule has 4 fully saturated rings. The molecule has 0 saturated carbocycles. The highest BCUT2D eigenvalue weighted by Gasteiger charge is 2.56. The van der Waals surface area contributed by atoms with Crippen molar-refractivity contribution < 1.29 is 76.5 Å². The van der Waals surface area contributed by atoms with Gasteiger partial charge in [-0.2, -0.15) is 0 Å². The lowest BCUT2D eigenvalue weighted by molar-refractivity contribution is -0.396. The van der Waals surface area contributed by atoms with Crippen LogP contribution in [0.25, 0.3) is 0 Å². The van der Waals surface area contributed by atoms with Gasteiger partial charge in [0.2, 0.25) is 0 Å². The van der Waals surface area contributed by atoms with E-state index in [1.165, 1.54) is 0 Å². The summed E-state index contributed by atoms with van der Waals surface area (Å²) in [7, 11) is 0.